The number of ether oxygens (including phenoxy) is 1. The largest absolute Gasteiger partial charge is 0.488 e. The van der Waals surface area contributed by atoms with Crippen LogP contribution in [0.25, 0.3) is 11.3 Å². The molecule has 0 atom stereocenters. The topological polar surface area (TPSA) is 59.4 Å². The SMILES string of the molecule is Cc1ccc(OCc2ccccc2)c(-c2ccc(C(=O)O)c(CC3CCCC3)n2)c1. The second kappa shape index (κ2) is 9.12. The molecule has 1 saturated carbocycles. The Morgan fingerprint density at radius 3 is 2.57 bits per heavy atom. The molecule has 1 aliphatic rings. The summed E-state index contributed by atoms with van der Waals surface area (Å²) in [6.07, 6.45) is 5.48. The first kappa shape index (κ1) is 20.1. The van der Waals surface area contributed by atoms with Gasteiger partial charge in [0.05, 0.1) is 17.0 Å². The first-order valence-corrected chi connectivity index (χ1v) is 10.6. The molecule has 1 N–H and O–H groups in total. The normalized spacial score (nSPS) is 14.0. The molecular formula is C26H27NO3. The molecule has 3 aromatic rings. The van der Waals surface area contributed by atoms with Crippen LogP contribution in [0, 0.1) is 12.8 Å². The summed E-state index contributed by atoms with van der Waals surface area (Å²) in [7, 11) is 0. The van der Waals surface area contributed by atoms with Crippen LogP contribution in [0.4, 0.5) is 0 Å². The first-order valence-electron chi connectivity index (χ1n) is 10.6. The van der Waals surface area contributed by atoms with Gasteiger partial charge in [0.15, 0.2) is 0 Å². The van der Waals surface area contributed by atoms with Crippen molar-refractivity contribution < 1.29 is 14.6 Å². The van der Waals surface area contributed by atoms with Crippen LogP contribution in [-0.4, -0.2) is 16.1 Å². The molecule has 154 valence electrons. The molecular weight excluding hydrogens is 374 g/mol. The van der Waals surface area contributed by atoms with Gasteiger partial charge in [-0.1, -0.05) is 67.6 Å². The standard InChI is InChI=1S/C26H27NO3/c1-18-11-14-25(30-17-20-9-3-2-4-10-20)22(15-18)23-13-12-21(26(28)29)24(27-23)16-19-7-5-6-8-19/h2-4,9-15,19H,5-8,16-17H2,1H3,(H,28,29). The van der Waals surface area contributed by atoms with E-state index in [1.165, 1.54) is 12.8 Å². The Kier molecular flexibility index (Phi) is 6.12. The van der Waals surface area contributed by atoms with Crippen molar-refractivity contribution in [2.24, 2.45) is 5.92 Å². The predicted octanol–water partition coefficient (Wildman–Crippen LogP) is 6.07. The van der Waals surface area contributed by atoms with Crippen LogP contribution in [0.15, 0.2) is 60.7 Å². The van der Waals surface area contributed by atoms with Crippen LogP contribution in [0.5, 0.6) is 5.75 Å². The van der Waals surface area contributed by atoms with E-state index >= 15 is 0 Å². The van der Waals surface area contributed by atoms with Gasteiger partial charge >= 0.3 is 5.97 Å². The lowest BCUT2D eigenvalue weighted by Gasteiger charge is -2.15. The molecule has 1 heterocycles. The molecule has 0 saturated heterocycles. The number of nitrogens with zero attached hydrogens (tertiary/aromatic N) is 1. The number of hydrogen-bond acceptors (Lipinski definition) is 3. The number of aryl methyl sites for hydroxylation is 1. The Morgan fingerprint density at radius 1 is 1.07 bits per heavy atom. The molecule has 1 aliphatic carbocycles. The van der Waals surface area contributed by atoms with Gasteiger partial charge in [-0.2, -0.15) is 0 Å². The molecule has 1 aromatic heterocycles. The van der Waals surface area contributed by atoms with Crippen LogP contribution in [-0.2, 0) is 13.0 Å². The van der Waals surface area contributed by atoms with Crippen molar-refractivity contribution in [3.8, 4) is 17.0 Å². The summed E-state index contributed by atoms with van der Waals surface area (Å²) in [6, 6.07) is 19.6. The van der Waals surface area contributed by atoms with Crippen LogP contribution in [0.3, 0.4) is 0 Å². The molecule has 0 radical (unpaired) electrons. The number of hydrogen-bond donors (Lipinski definition) is 1. The fraction of sp³-hybridized carbons (Fsp3) is 0.308. The van der Waals surface area contributed by atoms with E-state index in [9.17, 15) is 9.90 Å². The van der Waals surface area contributed by atoms with E-state index in [0.717, 1.165) is 47.4 Å². The average Bonchev–Trinajstić information content (AvgIpc) is 3.26. The summed E-state index contributed by atoms with van der Waals surface area (Å²) in [5.41, 5.74) is 4.86. The Hall–Kier alpha value is -3.14. The highest BCUT2D eigenvalue weighted by molar-refractivity contribution is 5.89. The van der Waals surface area contributed by atoms with Gasteiger partial charge in [-0.15, -0.1) is 0 Å². The number of pyridine rings is 1. The minimum atomic E-state index is -0.910. The van der Waals surface area contributed by atoms with Gasteiger partial charge in [0.25, 0.3) is 0 Å². The van der Waals surface area contributed by atoms with Crippen LogP contribution in [0.1, 0.15) is 52.9 Å². The fourth-order valence-corrected chi connectivity index (χ4v) is 4.19. The van der Waals surface area contributed by atoms with E-state index in [2.05, 4.69) is 6.07 Å². The summed E-state index contributed by atoms with van der Waals surface area (Å²) in [6.45, 7) is 2.51. The summed E-state index contributed by atoms with van der Waals surface area (Å²) in [5, 5.41) is 9.65. The van der Waals surface area contributed by atoms with Gasteiger partial charge < -0.3 is 9.84 Å². The highest BCUT2D eigenvalue weighted by atomic mass is 16.5. The minimum Gasteiger partial charge on any atom is -0.488 e. The van der Waals surface area contributed by atoms with E-state index in [1.807, 2.05) is 49.4 Å². The lowest BCUT2D eigenvalue weighted by atomic mass is 9.97. The Labute approximate surface area is 177 Å². The molecule has 4 nitrogen and oxygen atoms in total. The van der Waals surface area contributed by atoms with Gasteiger partial charge in [0, 0.05) is 5.56 Å². The number of carboxylic acids is 1. The second-order valence-electron chi connectivity index (χ2n) is 8.12. The molecule has 30 heavy (non-hydrogen) atoms. The number of rotatable bonds is 7. The Morgan fingerprint density at radius 2 is 1.83 bits per heavy atom. The smallest absolute Gasteiger partial charge is 0.337 e. The van der Waals surface area contributed by atoms with Gasteiger partial charge in [0.1, 0.15) is 12.4 Å². The second-order valence-corrected chi connectivity index (χ2v) is 8.12. The van der Waals surface area contributed by atoms with Crippen molar-refractivity contribution in [1.29, 1.82) is 0 Å². The van der Waals surface area contributed by atoms with Crippen LogP contribution < -0.4 is 4.74 Å². The lowest BCUT2D eigenvalue weighted by Crippen LogP contribution is -2.10. The zero-order chi connectivity index (χ0) is 20.9. The third-order valence-corrected chi connectivity index (χ3v) is 5.81. The molecule has 0 bridgehead atoms. The van der Waals surface area contributed by atoms with Gasteiger partial charge in [-0.3, -0.25) is 4.98 Å². The third-order valence-electron chi connectivity index (χ3n) is 5.81. The Bertz CT molecular complexity index is 1020. The zero-order valence-corrected chi connectivity index (χ0v) is 17.3. The maximum atomic E-state index is 11.8. The fourth-order valence-electron chi connectivity index (χ4n) is 4.19. The zero-order valence-electron chi connectivity index (χ0n) is 17.3. The number of benzene rings is 2. The van der Waals surface area contributed by atoms with Crippen LogP contribution in [0.2, 0.25) is 0 Å². The molecule has 4 heteroatoms. The number of aromatic carboxylic acids is 1. The van der Waals surface area contributed by atoms with E-state index < -0.39 is 5.97 Å². The van der Waals surface area contributed by atoms with E-state index in [1.54, 1.807) is 12.1 Å². The van der Waals surface area contributed by atoms with Crippen molar-refractivity contribution in [3.63, 3.8) is 0 Å². The van der Waals surface area contributed by atoms with Gasteiger partial charge in [-0.25, -0.2) is 4.79 Å². The maximum absolute atomic E-state index is 11.8. The first-order chi connectivity index (χ1) is 14.6. The van der Waals surface area contributed by atoms with Crippen LogP contribution >= 0.6 is 0 Å². The van der Waals surface area contributed by atoms with E-state index in [-0.39, 0.29) is 0 Å². The summed E-state index contributed by atoms with van der Waals surface area (Å²) < 4.78 is 6.13. The number of carbonyl (C=O) groups is 1. The predicted molar refractivity (Wildman–Crippen MR) is 118 cm³/mol. The van der Waals surface area contributed by atoms with Crippen molar-refractivity contribution in [1.82, 2.24) is 4.98 Å². The summed E-state index contributed by atoms with van der Waals surface area (Å²) in [5.74, 6) is 0.371. The van der Waals surface area contributed by atoms with Gasteiger partial charge in [-0.05, 0) is 49.1 Å². The highest BCUT2D eigenvalue weighted by Gasteiger charge is 2.21. The third kappa shape index (κ3) is 4.70. The highest BCUT2D eigenvalue weighted by Crippen LogP contribution is 2.33. The number of aromatic nitrogens is 1. The lowest BCUT2D eigenvalue weighted by molar-refractivity contribution is 0.0695. The molecule has 0 amide bonds. The molecule has 0 aliphatic heterocycles. The number of carboxylic acid groups (broad SMARTS) is 1. The molecule has 0 spiro atoms. The summed E-state index contributed by atoms with van der Waals surface area (Å²) >= 11 is 0. The maximum Gasteiger partial charge on any atom is 0.337 e. The average molecular weight is 402 g/mol. The van der Waals surface area contributed by atoms with Crippen molar-refractivity contribution in [2.75, 3.05) is 0 Å². The molecule has 0 unspecified atom stereocenters. The quantitative estimate of drug-likeness (QED) is 0.522. The molecule has 2 aromatic carbocycles. The van der Waals surface area contributed by atoms with Gasteiger partial charge in [0.2, 0.25) is 0 Å². The summed E-state index contributed by atoms with van der Waals surface area (Å²) in [4.78, 5) is 16.6. The van der Waals surface area contributed by atoms with Crippen molar-refractivity contribution >= 4 is 5.97 Å². The Balaban J connectivity index is 1.66. The molecule has 4 rings (SSSR count). The molecule has 1 fully saturated rings. The van der Waals surface area contributed by atoms with E-state index in [0.29, 0.717) is 23.8 Å². The minimum absolute atomic E-state index is 0.310. The monoisotopic (exact) mass is 401 g/mol. The van der Waals surface area contributed by atoms with Crippen molar-refractivity contribution in [3.05, 3.63) is 83.0 Å². The van der Waals surface area contributed by atoms with E-state index in [4.69, 9.17) is 9.72 Å². The van der Waals surface area contributed by atoms with Crippen molar-refractivity contribution in [2.45, 2.75) is 45.6 Å².